The molecule has 2 unspecified atom stereocenters. The highest BCUT2D eigenvalue weighted by molar-refractivity contribution is 5.73. The maximum atomic E-state index is 13.8. The number of carbonyl (C=O) groups is 1. The molecular formula is C38H63N3O9. The second-order valence-electron chi connectivity index (χ2n) is 15.7. The van der Waals surface area contributed by atoms with Crippen LogP contribution in [0, 0.1) is 17.8 Å². The number of rotatable bonds is 6. The Balaban J connectivity index is 1.86. The van der Waals surface area contributed by atoms with Gasteiger partial charge in [0.15, 0.2) is 6.29 Å². The van der Waals surface area contributed by atoms with Crippen molar-refractivity contribution in [3.63, 3.8) is 0 Å². The average Bonchev–Trinajstić information content (AvgIpc) is 3.06. The van der Waals surface area contributed by atoms with Crippen LogP contribution in [0.1, 0.15) is 80.3 Å². The highest BCUT2D eigenvalue weighted by Gasteiger charge is 2.52. The summed E-state index contributed by atoms with van der Waals surface area (Å²) in [5.41, 5.74) is -1.78. The van der Waals surface area contributed by atoms with Gasteiger partial charge in [-0.2, -0.15) is 0 Å². The van der Waals surface area contributed by atoms with E-state index in [1.807, 2.05) is 71.8 Å². The molecule has 12 heteroatoms. The maximum Gasteiger partial charge on any atom is 0.311 e. The Morgan fingerprint density at radius 1 is 1.10 bits per heavy atom. The summed E-state index contributed by atoms with van der Waals surface area (Å²) < 4.78 is 32.2. The highest BCUT2D eigenvalue weighted by atomic mass is 16.7. The number of fused-ring (bicyclic) bond motifs is 14. The van der Waals surface area contributed by atoms with Crippen LogP contribution in [0.4, 0.5) is 0 Å². The van der Waals surface area contributed by atoms with Gasteiger partial charge in [-0.1, -0.05) is 26.8 Å². The van der Waals surface area contributed by atoms with Crippen LogP contribution in [-0.4, -0.2) is 130 Å². The minimum absolute atomic E-state index is 0.00339. The summed E-state index contributed by atoms with van der Waals surface area (Å²) in [5.74, 6) is -2.28. The summed E-state index contributed by atoms with van der Waals surface area (Å²) in [4.78, 5) is 22.6. The summed E-state index contributed by atoms with van der Waals surface area (Å²) in [5, 5.41) is 35.7. The van der Waals surface area contributed by atoms with Gasteiger partial charge in [0.05, 0.1) is 48.4 Å². The van der Waals surface area contributed by atoms with Crippen molar-refractivity contribution in [3.8, 4) is 0 Å². The fourth-order valence-corrected chi connectivity index (χ4v) is 8.28. The van der Waals surface area contributed by atoms with E-state index < -0.39 is 65.8 Å². The molecule has 4 aliphatic rings. The van der Waals surface area contributed by atoms with Crippen LogP contribution in [-0.2, 0) is 35.0 Å². The number of carbonyl (C=O) groups excluding carboxylic acids is 1. The highest BCUT2D eigenvalue weighted by Crippen LogP contribution is 2.39. The number of esters is 1. The molecule has 0 aliphatic carbocycles. The number of likely N-dealkylation sites (N-methyl/N-ethyl adjacent to an activating group) is 1. The summed E-state index contributed by atoms with van der Waals surface area (Å²) in [7, 11) is 3.84. The monoisotopic (exact) mass is 705 g/mol. The zero-order chi connectivity index (χ0) is 37.0. The lowest BCUT2D eigenvalue weighted by Crippen LogP contribution is -2.60. The molecule has 2 bridgehead atoms. The number of hydrogen-bond acceptors (Lipinski definition) is 12. The van der Waals surface area contributed by atoms with Gasteiger partial charge < -0.3 is 43.9 Å². The van der Waals surface area contributed by atoms with E-state index in [2.05, 4.69) is 16.8 Å². The zero-order valence-electron chi connectivity index (χ0n) is 31.8. The van der Waals surface area contributed by atoms with Gasteiger partial charge in [-0.05, 0) is 92.1 Å². The normalized spacial score (nSPS) is 43.4. The molecule has 0 amide bonds. The smallest absolute Gasteiger partial charge is 0.311 e. The van der Waals surface area contributed by atoms with Crippen molar-refractivity contribution in [3.05, 3.63) is 42.4 Å². The molecule has 1 aromatic heterocycles. The summed E-state index contributed by atoms with van der Waals surface area (Å²) in [6.07, 6.45) is 0.557. The quantitative estimate of drug-likeness (QED) is 0.373. The lowest BCUT2D eigenvalue weighted by Gasteiger charge is -2.48. The average molecular weight is 706 g/mol. The van der Waals surface area contributed by atoms with E-state index in [0.29, 0.717) is 32.4 Å². The van der Waals surface area contributed by atoms with Crippen molar-refractivity contribution >= 4 is 5.97 Å². The van der Waals surface area contributed by atoms with Crippen LogP contribution >= 0.6 is 0 Å². The van der Waals surface area contributed by atoms with Gasteiger partial charge in [-0.3, -0.25) is 14.7 Å². The number of aromatic nitrogens is 1. The molecule has 284 valence electrons. The fourth-order valence-electron chi connectivity index (χ4n) is 8.28. The molecule has 0 radical (unpaired) electrons. The minimum Gasteiger partial charge on any atom is -0.493 e. The topological polar surface area (TPSA) is 143 Å². The first-order chi connectivity index (χ1) is 23.5. The Morgan fingerprint density at radius 2 is 1.82 bits per heavy atom. The Kier molecular flexibility index (Phi) is 13.9. The van der Waals surface area contributed by atoms with Gasteiger partial charge in [-0.25, -0.2) is 0 Å². The third kappa shape index (κ3) is 9.25. The number of ether oxygens (including phenoxy) is 5. The first-order valence-electron chi connectivity index (χ1n) is 18.3. The van der Waals surface area contributed by atoms with Crippen LogP contribution in [0.15, 0.2) is 36.7 Å². The molecule has 0 spiro atoms. The van der Waals surface area contributed by atoms with Crippen LogP contribution < -0.4 is 0 Å². The van der Waals surface area contributed by atoms with Crippen molar-refractivity contribution < 1.29 is 43.8 Å². The molecule has 3 N–H and O–H groups in total. The number of hydrogen-bond donors (Lipinski definition) is 3. The van der Waals surface area contributed by atoms with Crippen LogP contribution in [0.3, 0.4) is 0 Å². The maximum absolute atomic E-state index is 13.8. The molecule has 0 saturated carbocycles. The third-order valence-electron chi connectivity index (χ3n) is 11.2. The molecule has 2 saturated heterocycles. The van der Waals surface area contributed by atoms with Gasteiger partial charge in [0.1, 0.15) is 23.9 Å². The minimum atomic E-state index is -1.62. The molecular weight excluding hydrogens is 642 g/mol. The van der Waals surface area contributed by atoms with Crippen molar-refractivity contribution in [1.82, 2.24) is 14.8 Å². The van der Waals surface area contributed by atoms with Gasteiger partial charge in [0.25, 0.3) is 0 Å². The lowest BCUT2D eigenvalue weighted by molar-refractivity contribution is -0.303. The number of aliphatic hydroxyl groups excluding tert-OH is 2. The molecule has 14 atom stereocenters. The molecule has 4 aliphatic heterocycles. The molecule has 12 nitrogen and oxygen atoms in total. The zero-order valence-corrected chi connectivity index (χ0v) is 31.8. The van der Waals surface area contributed by atoms with E-state index in [0.717, 1.165) is 5.69 Å². The first-order valence-corrected chi connectivity index (χ1v) is 18.3. The van der Waals surface area contributed by atoms with Crippen molar-refractivity contribution in [2.75, 3.05) is 27.2 Å². The number of pyridine rings is 1. The van der Waals surface area contributed by atoms with E-state index in [4.69, 9.17) is 23.7 Å². The molecule has 5 rings (SSSR count). The molecule has 0 aromatic carbocycles. The van der Waals surface area contributed by atoms with E-state index in [1.54, 1.807) is 32.4 Å². The standard InChI is InChI=1S/C38H63N3O9/c1-11-30-38(8,45)34-27(6)41(22-28-15-12-13-16-39-28)21-23(2)20-37(7,47-18-14-17-46-34)33(25(4)31(42)26(5)35(44)49-30)50-36-32(43)29(40(9)10)19-24(3)48-36/h12-17,23-27,29-34,36,42-43,45H,11,18-22H2,1-10H3/b17-14+/t23-,24-,25+,26?,27-,29+,30-,31?,32-,33-,34-,36+,37-,38-/m1/s1. The molecule has 5 heterocycles. The number of nitrogens with zero attached hydrogens (tertiary/aromatic N) is 3. The lowest BCUT2D eigenvalue weighted by atomic mass is 9.77. The Morgan fingerprint density at radius 3 is 2.46 bits per heavy atom. The van der Waals surface area contributed by atoms with Gasteiger partial charge >= 0.3 is 5.97 Å². The predicted octanol–water partition coefficient (Wildman–Crippen LogP) is 3.52. The van der Waals surface area contributed by atoms with Crippen molar-refractivity contribution in [2.45, 2.75) is 147 Å². The molecule has 1 aromatic rings. The van der Waals surface area contributed by atoms with E-state index in [-0.39, 0.29) is 30.7 Å². The van der Waals surface area contributed by atoms with Crippen LogP contribution in [0.5, 0.6) is 0 Å². The third-order valence-corrected chi connectivity index (χ3v) is 11.2. The Bertz CT molecular complexity index is 1250. The van der Waals surface area contributed by atoms with Gasteiger partial charge in [-0.15, -0.1) is 0 Å². The largest absolute Gasteiger partial charge is 0.493 e. The predicted molar refractivity (Wildman–Crippen MR) is 189 cm³/mol. The summed E-state index contributed by atoms with van der Waals surface area (Å²) >= 11 is 0. The summed E-state index contributed by atoms with van der Waals surface area (Å²) in [6, 6.07) is 5.24. The SMILES string of the molecule is CC[C@H]1OC(=O)C(C)C(O)[C@H](C)[C@@H](O[C@@H]2O[C@H](C)C[C@H](N(C)C)[C@H]2O)[C@@]2(C)C[C@@H](C)CN(Cc3ccccn3)[C@H](C)[C@@H](O/C=C/CO2)[C@]1(C)O. The fraction of sp³-hybridized carbons (Fsp3) is 0.789. The molecule has 50 heavy (non-hydrogen) atoms. The van der Waals surface area contributed by atoms with E-state index >= 15 is 0 Å². The second kappa shape index (κ2) is 17.1. The number of aliphatic hydroxyl groups is 3. The first kappa shape index (κ1) is 40.6. The Labute approximate surface area is 299 Å². The second-order valence-corrected chi connectivity index (χ2v) is 15.7. The Hall–Kier alpha value is -2.16. The van der Waals surface area contributed by atoms with Crippen LogP contribution in [0.25, 0.3) is 0 Å². The van der Waals surface area contributed by atoms with Crippen LogP contribution in [0.2, 0.25) is 0 Å². The molecule has 2 fully saturated rings. The van der Waals surface area contributed by atoms with Gasteiger partial charge in [0, 0.05) is 37.3 Å². The van der Waals surface area contributed by atoms with Gasteiger partial charge in [0.2, 0.25) is 0 Å². The van der Waals surface area contributed by atoms with E-state index in [1.165, 1.54) is 0 Å². The van der Waals surface area contributed by atoms with E-state index in [9.17, 15) is 20.1 Å². The van der Waals surface area contributed by atoms with Crippen molar-refractivity contribution in [2.24, 2.45) is 17.8 Å². The summed E-state index contributed by atoms with van der Waals surface area (Å²) in [6.45, 7) is 16.3. The van der Waals surface area contributed by atoms with Crippen molar-refractivity contribution in [1.29, 1.82) is 0 Å².